The fourth-order valence-electron chi connectivity index (χ4n) is 3.34. The van der Waals surface area contributed by atoms with Crippen LogP contribution in [0.3, 0.4) is 0 Å². The Labute approximate surface area is 151 Å². The molecule has 2 aliphatic rings. The number of hydrogen-bond donors (Lipinski definition) is 0. The molecule has 1 unspecified atom stereocenters. The Bertz CT molecular complexity index is 811. The van der Waals surface area contributed by atoms with Crippen molar-refractivity contribution in [1.82, 2.24) is 9.21 Å². The van der Waals surface area contributed by atoms with E-state index in [0.717, 1.165) is 6.42 Å². The lowest BCUT2D eigenvalue weighted by Crippen LogP contribution is -2.52. The molecule has 0 aliphatic carbocycles. The minimum absolute atomic E-state index is 0.0643. The molecular weight excluding hydrogens is 362 g/mol. The van der Waals surface area contributed by atoms with Crippen molar-refractivity contribution in [2.75, 3.05) is 32.8 Å². The van der Waals surface area contributed by atoms with Gasteiger partial charge < -0.3 is 9.64 Å². The third-order valence-electron chi connectivity index (χ3n) is 4.83. The van der Waals surface area contributed by atoms with Crippen LogP contribution >= 0.6 is 0 Å². The van der Waals surface area contributed by atoms with E-state index in [-0.39, 0.29) is 48.2 Å². The monoisotopic (exact) mass is 383 g/mol. The van der Waals surface area contributed by atoms with Gasteiger partial charge in [0, 0.05) is 44.4 Å². The van der Waals surface area contributed by atoms with Crippen molar-refractivity contribution in [2.45, 2.75) is 30.8 Å². The van der Waals surface area contributed by atoms with Gasteiger partial charge in [-0.2, -0.15) is 4.31 Å². The van der Waals surface area contributed by atoms with Crippen molar-refractivity contribution >= 4 is 21.6 Å². The quantitative estimate of drug-likeness (QED) is 0.565. The van der Waals surface area contributed by atoms with Gasteiger partial charge in [0.05, 0.1) is 9.82 Å². The molecule has 0 bridgehead atoms. The second kappa shape index (κ2) is 7.29. The number of piperazine rings is 1. The number of nitrogens with zero attached hydrogens (tertiary/aromatic N) is 3. The maximum Gasteiger partial charge on any atom is 0.273 e. The molecule has 0 spiro atoms. The van der Waals surface area contributed by atoms with Crippen LogP contribution < -0.4 is 0 Å². The van der Waals surface area contributed by atoms with Gasteiger partial charge in [0.1, 0.15) is 6.10 Å². The lowest BCUT2D eigenvalue weighted by molar-refractivity contribution is -0.385. The van der Waals surface area contributed by atoms with E-state index in [9.17, 15) is 23.3 Å². The van der Waals surface area contributed by atoms with Crippen LogP contribution in [0.2, 0.25) is 0 Å². The Morgan fingerprint density at radius 1 is 1.27 bits per heavy atom. The molecule has 0 radical (unpaired) electrons. The van der Waals surface area contributed by atoms with Crippen molar-refractivity contribution in [1.29, 1.82) is 0 Å². The van der Waals surface area contributed by atoms with Gasteiger partial charge in [-0.3, -0.25) is 14.9 Å². The topological polar surface area (TPSA) is 110 Å². The Hall–Kier alpha value is -2.04. The second-order valence-electron chi connectivity index (χ2n) is 6.39. The summed E-state index contributed by atoms with van der Waals surface area (Å²) < 4.78 is 32.5. The highest BCUT2D eigenvalue weighted by molar-refractivity contribution is 7.89. The molecule has 3 rings (SSSR count). The molecule has 0 aromatic heterocycles. The summed E-state index contributed by atoms with van der Waals surface area (Å²) in [5.41, 5.74) is -0.103. The molecule has 0 N–H and O–H groups in total. The first-order valence-electron chi connectivity index (χ1n) is 8.47. The summed E-state index contributed by atoms with van der Waals surface area (Å²) in [7, 11) is -3.86. The van der Waals surface area contributed by atoms with Crippen molar-refractivity contribution in [3.05, 3.63) is 33.9 Å². The van der Waals surface area contributed by atoms with E-state index in [1.165, 1.54) is 29.4 Å². The predicted molar refractivity (Wildman–Crippen MR) is 92.1 cm³/mol. The zero-order valence-corrected chi connectivity index (χ0v) is 15.3. The fourth-order valence-corrected chi connectivity index (χ4v) is 5.01. The van der Waals surface area contributed by atoms with Crippen LogP contribution in [0, 0.1) is 17.0 Å². The van der Waals surface area contributed by atoms with E-state index in [1.807, 2.05) is 0 Å². The molecule has 1 atom stereocenters. The third-order valence-corrected chi connectivity index (χ3v) is 6.87. The van der Waals surface area contributed by atoms with Crippen molar-refractivity contribution in [2.24, 2.45) is 0 Å². The minimum Gasteiger partial charge on any atom is -0.368 e. The van der Waals surface area contributed by atoms with Crippen molar-refractivity contribution < 1.29 is 22.9 Å². The second-order valence-corrected chi connectivity index (χ2v) is 8.29. The first-order valence-corrected chi connectivity index (χ1v) is 9.91. The van der Waals surface area contributed by atoms with Crippen LogP contribution in [-0.4, -0.2) is 67.3 Å². The van der Waals surface area contributed by atoms with E-state index in [4.69, 9.17) is 4.74 Å². The van der Waals surface area contributed by atoms with Gasteiger partial charge >= 0.3 is 0 Å². The molecule has 2 saturated heterocycles. The van der Waals surface area contributed by atoms with Gasteiger partial charge in [-0.15, -0.1) is 0 Å². The van der Waals surface area contributed by atoms with Crippen LogP contribution in [-0.2, 0) is 19.6 Å². The molecule has 2 fully saturated rings. The minimum atomic E-state index is -3.86. The number of carbonyl (C=O) groups is 1. The Kier molecular flexibility index (Phi) is 5.26. The molecule has 26 heavy (non-hydrogen) atoms. The summed E-state index contributed by atoms with van der Waals surface area (Å²) in [6.07, 6.45) is 1.14. The van der Waals surface area contributed by atoms with Crippen LogP contribution in [0.25, 0.3) is 0 Å². The summed E-state index contributed by atoms with van der Waals surface area (Å²) in [4.78, 5) is 24.4. The van der Waals surface area contributed by atoms with Crippen molar-refractivity contribution in [3.63, 3.8) is 0 Å². The number of carbonyl (C=O) groups excluding carboxylic acids is 1. The molecule has 9 nitrogen and oxygen atoms in total. The van der Waals surface area contributed by atoms with Gasteiger partial charge in [-0.05, 0) is 25.8 Å². The summed E-state index contributed by atoms with van der Waals surface area (Å²) in [5, 5.41) is 11.1. The van der Waals surface area contributed by atoms with Gasteiger partial charge in [-0.25, -0.2) is 8.42 Å². The van der Waals surface area contributed by atoms with Crippen molar-refractivity contribution in [3.8, 4) is 0 Å². The average molecular weight is 383 g/mol. The fraction of sp³-hybridized carbons (Fsp3) is 0.562. The number of hydrogen-bond acceptors (Lipinski definition) is 6. The highest BCUT2D eigenvalue weighted by atomic mass is 32.2. The van der Waals surface area contributed by atoms with E-state index < -0.39 is 21.1 Å². The molecule has 0 saturated carbocycles. The lowest BCUT2D eigenvalue weighted by atomic mass is 10.2. The summed E-state index contributed by atoms with van der Waals surface area (Å²) >= 11 is 0. The molecule has 142 valence electrons. The number of sulfonamides is 1. The Balaban J connectivity index is 1.73. The zero-order valence-electron chi connectivity index (χ0n) is 14.5. The highest BCUT2D eigenvalue weighted by Gasteiger charge is 2.35. The standard InChI is InChI=1S/C16H21N3O6S/c1-12-13(19(21)22)4-2-6-15(12)26(23,24)18-9-7-17(8-10-18)16(20)14-5-3-11-25-14/h2,4,6,14H,3,5,7-11H2,1H3. The number of ether oxygens (including phenoxy) is 1. The molecule has 2 heterocycles. The summed E-state index contributed by atoms with van der Waals surface area (Å²) in [5.74, 6) is -0.0916. The van der Waals surface area contributed by atoms with Gasteiger partial charge in [0.25, 0.3) is 11.6 Å². The number of benzene rings is 1. The lowest BCUT2D eigenvalue weighted by Gasteiger charge is -2.35. The largest absolute Gasteiger partial charge is 0.368 e. The van der Waals surface area contributed by atoms with E-state index in [2.05, 4.69) is 0 Å². The van der Waals surface area contributed by atoms with Crippen LogP contribution in [0.4, 0.5) is 5.69 Å². The van der Waals surface area contributed by atoms with Crippen LogP contribution in [0.5, 0.6) is 0 Å². The van der Waals surface area contributed by atoms with E-state index >= 15 is 0 Å². The van der Waals surface area contributed by atoms with E-state index in [1.54, 1.807) is 4.90 Å². The van der Waals surface area contributed by atoms with E-state index in [0.29, 0.717) is 13.0 Å². The van der Waals surface area contributed by atoms with Gasteiger partial charge in [0.2, 0.25) is 10.0 Å². The molecule has 10 heteroatoms. The number of nitro groups is 1. The average Bonchev–Trinajstić information content (AvgIpc) is 3.15. The summed E-state index contributed by atoms with van der Waals surface area (Å²) in [6, 6.07) is 4.03. The Morgan fingerprint density at radius 3 is 2.54 bits per heavy atom. The SMILES string of the molecule is Cc1c([N+](=O)[O-])cccc1S(=O)(=O)N1CCN(C(=O)C2CCCO2)CC1. The zero-order chi connectivity index (χ0) is 18.9. The predicted octanol–water partition coefficient (Wildman–Crippen LogP) is 0.915. The number of nitro benzene ring substituents is 1. The smallest absolute Gasteiger partial charge is 0.273 e. The first-order chi connectivity index (χ1) is 12.3. The molecule has 1 amide bonds. The number of rotatable bonds is 4. The first kappa shape index (κ1) is 18.7. The Morgan fingerprint density at radius 2 is 1.96 bits per heavy atom. The molecule has 2 aliphatic heterocycles. The normalized spacial score (nSPS) is 21.7. The maximum absolute atomic E-state index is 12.9. The molecule has 1 aromatic carbocycles. The summed E-state index contributed by atoms with van der Waals surface area (Å²) in [6.45, 7) is 2.89. The maximum atomic E-state index is 12.9. The molecule has 1 aromatic rings. The van der Waals surface area contributed by atoms with Gasteiger partial charge in [0.15, 0.2) is 0 Å². The highest BCUT2D eigenvalue weighted by Crippen LogP contribution is 2.28. The third kappa shape index (κ3) is 3.44. The van der Waals surface area contributed by atoms with Gasteiger partial charge in [-0.1, -0.05) is 6.07 Å². The number of amides is 1. The van der Waals surface area contributed by atoms with Crippen LogP contribution in [0.1, 0.15) is 18.4 Å². The molecular formula is C16H21N3O6S. The van der Waals surface area contributed by atoms with Crippen LogP contribution in [0.15, 0.2) is 23.1 Å².